The van der Waals surface area contributed by atoms with E-state index in [0.29, 0.717) is 6.54 Å². The molecule has 0 aromatic carbocycles. The third-order valence-corrected chi connectivity index (χ3v) is 2.20. The molecule has 1 aromatic rings. The summed E-state index contributed by atoms with van der Waals surface area (Å²) in [4.78, 5) is 22.2. The molecule has 16 heavy (non-hydrogen) atoms. The summed E-state index contributed by atoms with van der Waals surface area (Å²) in [6.07, 6.45) is 1.59. The summed E-state index contributed by atoms with van der Waals surface area (Å²) in [5.41, 5.74) is 6.60. The summed E-state index contributed by atoms with van der Waals surface area (Å²) in [5.74, 6) is 4.16. The number of nitrogens with zero attached hydrogens (tertiary/aromatic N) is 2. The summed E-state index contributed by atoms with van der Waals surface area (Å²) in [5, 5.41) is 3.93. The van der Waals surface area contributed by atoms with Gasteiger partial charge in [-0.15, -0.1) is 0 Å². The third kappa shape index (κ3) is 2.57. The maximum atomic E-state index is 11.4. The first kappa shape index (κ1) is 12.2. The number of hydrogen-bond donors (Lipinski definition) is 3. The van der Waals surface area contributed by atoms with E-state index in [9.17, 15) is 9.59 Å². The summed E-state index contributed by atoms with van der Waals surface area (Å²) in [6, 6.07) is 1.50. The molecule has 2 amide bonds. The van der Waals surface area contributed by atoms with Crippen molar-refractivity contribution in [1.29, 1.82) is 0 Å². The molecule has 0 spiro atoms. The zero-order valence-corrected chi connectivity index (χ0v) is 9.23. The van der Waals surface area contributed by atoms with Crippen LogP contribution in [0.25, 0.3) is 0 Å². The second-order valence-corrected chi connectivity index (χ2v) is 4.12. The van der Waals surface area contributed by atoms with Gasteiger partial charge in [0.2, 0.25) is 5.91 Å². The van der Waals surface area contributed by atoms with Crippen LogP contribution in [0.3, 0.4) is 0 Å². The molecular weight excluding hydrogens is 210 g/mol. The van der Waals surface area contributed by atoms with Crippen LogP contribution in [-0.4, -0.2) is 21.6 Å². The van der Waals surface area contributed by atoms with Gasteiger partial charge in [-0.1, -0.05) is 0 Å². The second kappa shape index (κ2) is 4.31. The highest BCUT2D eigenvalue weighted by Crippen LogP contribution is 2.17. The molecule has 0 radical (unpaired) electrons. The van der Waals surface area contributed by atoms with Crippen molar-refractivity contribution in [1.82, 2.24) is 15.2 Å². The average molecular weight is 225 g/mol. The Labute approximate surface area is 92.8 Å². The molecule has 0 saturated carbocycles. The standard InChI is InChI=1S/C9H15N5O2/c1-9(2,8(16)12-11)5-14-4-3-6(13-14)7(10)15/h3-4H,5,11H2,1-2H3,(H2,10,15)(H,12,16). The van der Waals surface area contributed by atoms with Crippen molar-refractivity contribution in [3.8, 4) is 0 Å². The lowest BCUT2D eigenvalue weighted by atomic mass is 9.93. The number of nitrogens with two attached hydrogens (primary N) is 2. The van der Waals surface area contributed by atoms with Gasteiger partial charge in [0.25, 0.3) is 5.91 Å². The van der Waals surface area contributed by atoms with Crippen molar-refractivity contribution in [2.75, 3.05) is 0 Å². The smallest absolute Gasteiger partial charge is 0.269 e. The number of hydrazine groups is 1. The highest BCUT2D eigenvalue weighted by atomic mass is 16.2. The Hall–Kier alpha value is -1.89. The van der Waals surface area contributed by atoms with Gasteiger partial charge < -0.3 is 5.73 Å². The Kier molecular flexibility index (Phi) is 3.28. The first-order chi connectivity index (χ1) is 7.36. The monoisotopic (exact) mass is 225 g/mol. The van der Waals surface area contributed by atoms with Gasteiger partial charge in [0.15, 0.2) is 0 Å². The van der Waals surface area contributed by atoms with Gasteiger partial charge >= 0.3 is 0 Å². The van der Waals surface area contributed by atoms with E-state index in [1.54, 1.807) is 20.0 Å². The van der Waals surface area contributed by atoms with Gasteiger partial charge in [-0.05, 0) is 19.9 Å². The third-order valence-electron chi connectivity index (χ3n) is 2.20. The minimum atomic E-state index is -0.713. The molecule has 1 rings (SSSR count). The molecule has 0 aliphatic heterocycles. The van der Waals surface area contributed by atoms with Crippen molar-refractivity contribution in [3.05, 3.63) is 18.0 Å². The molecule has 7 nitrogen and oxygen atoms in total. The van der Waals surface area contributed by atoms with Crippen LogP contribution in [0.4, 0.5) is 0 Å². The van der Waals surface area contributed by atoms with Gasteiger partial charge in [-0.25, -0.2) is 5.84 Å². The lowest BCUT2D eigenvalue weighted by Gasteiger charge is -2.21. The van der Waals surface area contributed by atoms with Crippen LogP contribution in [0.5, 0.6) is 0 Å². The fourth-order valence-electron chi connectivity index (χ4n) is 1.25. The summed E-state index contributed by atoms with van der Waals surface area (Å²) >= 11 is 0. The van der Waals surface area contributed by atoms with Crippen LogP contribution in [-0.2, 0) is 11.3 Å². The van der Waals surface area contributed by atoms with Crippen LogP contribution in [0, 0.1) is 5.41 Å². The Balaban J connectivity index is 2.80. The topological polar surface area (TPSA) is 116 Å². The van der Waals surface area contributed by atoms with Crippen LogP contribution in [0.15, 0.2) is 12.3 Å². The fraction of sp³-hybridized carbons (Fsp3) is 0.444. The van der Waals surface area contributed by atoms with E-state index in [1.807, 2.05) is 0 Å². The number of carbonyl (C=O) groups is 2. The SMILES string of the molecule is CC(C)(Cn1ccc(C(N)=O)n1)C(=O)NN. The number of primary amides is 1. The van der Waals surface area contributed by atoms with E-state index in [2.05, 4.69) is 10.5 Å². The van der Waals surface area contributed by atoms with E-state index in [-0.39, 0.29) is 11.6 Å². The van der Waals surface area contributed by atoms with Crippen LogP contribution < -0.4 is 17.0 Å². The summed E-state index contributed by atoms with van der Waals surface area (Å²) < 4.78 is 1.48. The molecule has 0 saturated heterocycles. The molecular formula is C9H15N5O2. The zero-order valence-electron chi connectivity index (χ0n) is 9.23. The van der Waals surface area contributed by atoms with Crippen LogP contribution in [0.2, 0.25) is 0 Å². The highest BCUT2D eigenvalue weighted by Gasteiger charge is 2.28. The lowest BCUT2D eigenvalue weighted by Crippen LogP contribution is -2.43. The molecule has 0 fully saturated rings. The molecule has 1 heterocycles. The zero-order chi connectivity index (χ0) is 12.3. The molecule has 5 N–H and O–H groups in total. The highest BCUT2D eigenvalue weighted by molar-refractivity contribution is 5.90. The predicted octanol–water partition coefficient (Wildman–Crippen LogP) is -1.00. The molecule has 7 heteroatoms. The Morgan fingerprint density at radius 1 is 1.56 bits per heavy atom. The van der Waals surface area contributed by atoms with Crippen molar-refractivity contribution >= 4 is 11.8 Å². The van der Waals surface area contributed by atoms with E-state index in [0.717, 1.165) is 0 Å². The number of hydrogen-bond acceptors (Lipinski definition) is 4. The Morgan fingerprint density at radius 2 is 2.19 bits per heavy atom. The van der Waals surface area contributed by atoms with Crippen LogP contribution >= 0.6 is 0 Å². The van der Waals surface area contributed by atoms with Crippen molar-refractivity contribution < 1.29 is 9.59 Å². The molecule has 0 aliphatic rings. The summed E-state index contributed by atoms with van der Waals surface area (Å²) in [6.45, 7) is 3.75. The molecule has 0 atom stereocenters. The minimum absolute atomic E-state index is 0.170. The lowest BCUT2D eigenvalue weighted by molar-refractivity contribution is -0.130. The van der Waals surface area contributed by atoms with Gasteiger partial charge in [-0.3, -0.25) is 19.7 Å². The van der Waals surface area contributed by atoms with Gasteiger partial charge in [-0.2, -0.15) is 5.10 Å². The number of rotatable bonds is 4. The van der Waals surface area contributed by atoms with Crippen LogP contribution in [0.1, 0.15) is 24.3 Å². The average Bonchev–Trinajstić information content (AvgIpc) is 2.64. The van der Waals surface area contributed by atoms with Crippen molar-refractivity contribution in [2.24, 2.45) is 17.0 Å². The number of amides is 2. The number of carbonyl (C=O) groups excluding carboxylic acids is 2. The maximum Gasteiger partial charge on any atom is 0.269 e. The molecule has 0 unspecified atom stereocenters. The van der Waals surface area contributed by atoms with E-state index < -0.39 is 11.3 Å². The predicted molar refractivity (Wildman–Crippen MR) is 56.9 cm³/mol. The maximum absolute atomic E-state index is 11.4. The van der Waals surface area contributed by atoms with Gasteiger partial charge in [0.05, 0.1) is 12.0 Å². The Bertz CT molecular complexity index is 410. The van der Waals surface area contributed by atoms with E-state index in [4.69, 9.17) is 11.6 Å². The number of nitrogens with one attached hydrogen (secondary N) is 1. The fourth-order valence-corrected chi connectivity index (χ4v) is 1.25. The summed E-state index contributed by atoms with van der Waals surface area (Å²) in [7, 11) is 0. The van der Waals surface area contributed by atoms with E-state index >= 15 is 0 Å². The largest absolute Gasteiger partial charge is 0.364 e. The normalized spacial score (nSPS) is 11.2. The molecule has 0 aliphatic carbocycles. The van der Waals surface area contributed by atoms with E-state index in [1.165, 1.54) is 10.7 Å². The Morgan fingerprint density at radius 3 is 2.62 bits per heavy atom. The first-order valence-electron chi connectivity index (χ1n) is 4.71. The molecule has 1 aromatic heterocycles. The number of aromatic nitrogens is 2. The molecule has 88 valence electrons. The van der Waals surface area contributed by atoms with Gasteiger partial charge in [0, 0.05) is 6.20 Å². The van der Waals surface area contributed by atoms with Crippen molar-refractivity contribution in [3.63, 3.8) is 0 Å². The van der Waals surface area contributed by atoms with Gasteiger partial charge in [0.1, 0.15) is 5.69 Å². The minimum Gasteiger partial charge on any atom is -0.364 e. The second-order valence-electron chi connectivity index (χ2n) is 4.12. The van der Waals surface area contributed by atoms with Crippen molar-refractivity contribution in [2.45, 2.75) is 20.4 Å². The molecule has 0 bridgehead atoms. The quantitative estimate of drug-likeness (QED) is 0.346. The first-order valence-corrected chi connectivity index (χ1v) is 4.71.